The fraction of sp³-hybridized carbons (Fsp3) is 1.00. The minimum absolute atomic E-state index is 0.686. The van der Waals surface area contributed by atoms with Crippen LogP contribution in [0, 0.1) is 5.92 Å². The topological polar surface area (TPSA) is 39.7 Å². The SMILES string of the molecule is COCCOCCCNCCCOCC1CC1. The van der Waals surface area contributed by atoms with E-state index in [-0.39, 0.29) is 0 Å². The van der Waals surface area contributed by atoms with Crippen LogP contribution in [0.2, 0.25) is 0 Å². The second-order valence-electron chi connectivity index (χ2n) is 4.58. The lowest BCUT2D eigenvalue weighted by atomic mass is 10.4. The Morgan fingerprint density at radius 1 is 0.941 bits per heavy atom. The summed E-state index contributed by atoms with van der Waals surface area (Å²) >= 11 is 0. The fourth-order valence-electron chi connectivity index (χ4n) is 1.50. The maximum Gasteiger partial charge on any atom is 0.0700 e. The summed E-state index contributed by atoms with van der Waals surface area (Å²) in [5.41, 5.74) is 0. The van der Waals surface area contributed by atoms with Crippen LogP contribution in [0.3, 0.4) is 0 Å². The molecule has 0 aromatic carbocycles. The summed E-state index contributed by atoms with van der Waals surface area (Å²) in [5, 5.41) is 3.39. The molecule has 0 spiro atoms. The predicted molar refractivity (Wildman–Crippen MR) is 68.3 cm³/mol. The number of hydrogen-bond donors (Lipinski definition) is 1. The Kier molecular flexibility index (Phi) is 9.61. The van der Waals surface area contributed by atoms with Gasteiger partial charge in [0.15, 0.2) is 0 Å². The normalized spacial score (nSPS) is 15.4. The molecular weight excluding hydrogens is 218 g/mol. The third-order valence-corrected chi connectivity index (χ3v) is 2.77. The van der Waals surface area contributed by atoms with E-state index in [9.17, 15) is 0 Å². The molecule has 1 N–H and O–H groups in total. The van der Waals surface area contributed by atoms with Gasteiger partial charge in [0.2, 0.25) is 0 Å². The first-order chi connectivity index (χ1) is 8.43. The van der Waals surface area contributed by atoms with Crippen molar-refractivity contribution in [2.24, 2.45) is 5.92 Å². The predicted octanol–water partition coefficient (Wildman–Crippen LogP) is 1.45. The van der Waals surface area contributed by atoms with Crippen molar-refractivity contribution in [2.45, 2.75) is 25.7 Å². The summed E-state index contributed by atoms with van der Waals surface area (Å²) in [7, 11) is 1.69. The molecule has 0 unspecified atom stereocenters. The summed E-state index contributed by atoms with van der Waals surface area (Å²) in [5.74, 6) is 0.882. The van der Waals surface area contributed by atoms with E-state index in [4.69, 9.17) is 14.2 Å². The van der Waals surface area contributed by atoms with Crippen molar-refractivity contribution in [3.05, 3.63) is 0 Å². The Bertz CT molecular complexity index is 163. The second-order valence-corrected chi connectivity index (χ2v) is 4.58. The van der Waals surface area contributed by atoms with Crippen molar-refractivity contribution in [3.8, 4) is 0 Å². The molecule has 0 aliphatic heterocycles. The van der Waals surface area contributed by atoms with Gasteiger partial charge < -0.3 is 19.5 Å². The largest absolute Gasteiger partial charge is 0.382 e. The molecule has 4 heteroatoms. The minimum Gasteiger partial charge on any atom is -0.382 e. The summed E-state index contributed by atoms with van der Waals surface area (Å²) in [6.07, 6.45) is 4.92. The van der Waals surface area contributed by atoms with Gasteiger partial charge in [-0.15, -0.1) is 0 Å². The van der Waals surface area contributed by atoms with E-state index in [0.29, 0.717) is 13.2 Å². The van der Waals surface area contributed by atoms with Crippen molar-refractivity contribution in [3.63, 3.8) is 0 Å². The van der Waals surface area contributed by atoms with E-state index in [1.807, 2.05) is 0 Å². The standard InChI is InChI=1S/C13H27NO3/c1-15-10-11-16-8-2-6-14-7-3-9-17-12-13-4-5-13/h13-14H,2-12H2,1H3. The van der Waals surface area contributed by atoms with E-state index >= 15 is 0 Å². The van der Waals surface area contributed by atoms with Gasteiger partial charge in [-0.1, -0.05) is 0 Å². The highest BCUT2D eigenvalue weighted by atomic mass is 16.5. The van der Waals surface area contributed by atoms with E-state index in [2.05, 4.69) is 5.32 Å². The van der Waals surface area contributed by atoms with Crippen LogP contribution >= 0.6 is 0 Å². The molecule has 1 saturated carbocycles. The monoisotopic (exact) mass is 245 g/mol. The Morgan fingerprint density at radius 2 is 1.65 bits per heavy atom. The molecule has 1 aliphatic rings. The van der Waals surface area contributed by atoms with E-state index < -0.39 is 0 Å². The molecule has 0 heterocycles. The van der Waals surface area contributed by atoms with Crippen molar-refractivity contribution in [1.29, 1.82) is 0 Å². The number of methoxy groups -OCH3 is 1. The lowest BCUT2D eigenvalue weighted by Crippen LogP contribution is -2.19. The molecule has 0 aromatic heterocycles. The molecule has 0 aromatic rings. The molecule has 1 fully saturated rings. The van der Waals surface area contributed by atoms with Crippen LogP contribution in [0.4, 0.5) is 0 Å². The van der Waals surface area contributed by atoms with Crippen LogP contribution < -0.4 is 5.32 Å². The van der Waals surface area contributed by atoms with Crippen LogP contribution in [0.25, 0.3) is 0 Å². The highest BCUT2D eigenvalue weighted by Gasteiger charge is 2.20. The van der Waals surface area contributed by atoms with Gasteiger partial charge in [-0.3, -0.25) is 0 Å². The number of ether oxygens (including phenoxy) is 3. The molecule has 1 aliphatic carbocycles. The first-order valence-corrected chi connectivity index (χ1v) is 6.78. The van der Waals surface area contributed by atoms with Gasteiger partial charge in [0.1, 0.15) is 0 Å². The second kappa shape index (κ2) is 11.0. The van der Waals surface area contributed by atoms with Crippen LogP contribution in [0.5, 0.6) is 0 Å². The lowest BCUT2D eigenvalue weighted by molar-refractivity contribution is 0.0694. The number of rotatable bonds is 13. The molecule has 4 nitrogen and oxygen atoms in total. The maximum atomic E-state index is 5.55. The number of nitrogens with one attached hydrogen (secondary N) is 1. The van der Waals surface area contributed by atoms with Gasteiger partial charge in [0.05, 0.1) is 13.2 Å². The zero-order chi connectivity index (χ0) is 12.2. The smallest absolute Gasteiger partial charge is 0.0700 e. The third kappa shape index (κ3) is 10.7. The first-order valence-electron chi connectivity index (χ1n) is 6.78. The zero-order valence-electron chi connectivity index (χ0n) is 11.1. The van der Waals surface area contributed by atoms with Gasteiger partial charge in [-0.05, 0) is 44.7 Å². The molecule has 0 radical (unpaired) electrons. The number of hydrogen-bond acceptors (Lipinski definition) is 4. The van der Waals surface area contributed by atoms with Crippen LogP contribution in [-0.2, 0) is 14.2 Å². The summed E-state index contributed by atoms with van der Waals surface area (Å²) in [4.78, 5) is 0. The fourth-order valence-corrected chi connectivity index (χ4v) is 1.50. The molecule has 1 rings (SSSR count). The van der Waals surface area contributed by atoms with Crippen molar-refractivity contribution in [2.75, 3.05) is 53.2 Å². The van der Waals surface area contributed by atoms with Crippen LogP contribution in [-0.4, -0.2) is 53.2 Å². The molecule has 0 bridgehead atoms. The Balaban J connectivity index is 1.61. The summed E-state index contributed by atoms with van der Waals surface area (Å²) in [6.45, 7) is 6.14. The van der Waals surface area contributed by atoms with Crippen molar-refractivity contribution >= 4 is 0 Å². The van der Waals surface area contributed by atoms with E-state index in [1.165, 1.54) is 12.8 Å². The quantitative estimate of drug-likeness (QED) is 0.499. The highest BCUT2D eigenvalue weighted by Crippen LogP contribution is 2.28. The minimum atomic E-state index is 0.686. The van der Waals surface area contributed by atoms with Crippen molar-refractivity contribution in [1.82, 2.24) is 5.32 Å². The van der Waals surface area contributed by atoms with E-state index in [1.54, 1.807) is 7.11 Å². The van der Waals surface area contributed by atoms with Crippen molar-refractivity contribution < 1.29 is 14.2 Å². The molecular formula is C13H27NO3. The van der Waals surface area contributed by atoms with E-state index in [0.717, 1.165) is 51.7 Å². The lowest BCUT2D eigenvalue weighted by Gasteiger charge is -2.06. The van der Waals surface area contributed by atoms with Gasteiger partial charge in [0, 0.05) is 26.9 Å². The van der Waals surface area contributed by atoms with Crippen LogP contribution in [0.15, 0.2) is 0 Å². The van der Waals surface area contributed by atoms with Gasteiger partial charge in [-0.2, -0.15) is 0 Å². The summed E-state index contributed by atoms with van der Waals surface area (Å²) in [6, 6.07) is 0. The molecule has 0 atom stereocenters. The average molecular weight is 245 g/mol. The van der Waals surface area contributed by atoms with Gasteiger partial charge in [0.25, 0.3) is 0 Å². The maximum absolute atomic E-state index is 5.55. The average Bonchev–Trinajstić information content (AvgIpc) is 3.15. The Labute approximate surface area is 105 Å². The first kappa shape index (κ1) is 14.9. The molecule has 0 amide bonds. The Hall–Kier alpha value is -0.160. The zero-order valence-corrected chi connectivity index (χ0v) is 11.1. The van der Waals surface area contributed by atoms with Gasteiger partial charge >= 0.3 is 0 Å². The molecule has 102 valence electrons. The van der Waals surface area contributed by atoms with Crippen LogP contribution in [0.1, 0.15) is 25.7 Å². The Morgan fingerprint density at radius 3 is 2.29 bits per heavy atom. The molecule has 17 heavy (non-hydrogen) atoms. The summed E-state index contributed by atoms with van der Waals surface area (Å²) < 4.78 is 15.8. The highest BCUT2D eigenvalue weighted by molar-refractivity contribution is 4.71. The van der Waals surface area contributed by atoms with Gasteiger partial charge in [-0.25, -0.2) is 0 Å². The third-order valence-electron chi connectivity index (χ3n) is 2.77. The molecule has 0 saturated heterocycles.